The summed E-state index contributed by atoms with van der Waals surface area (Å²) in [6, 6.07) is 8.19. The molecule has 0 amide bonds. The maximum absolute atomic E-state index is 6.30. The van der Waals surface area contributed by atoms with Crippen LogP contribution in [0.4, 0.5) is 0 Å². The quantitative estimate of drug-likeness (QED) is 0.891. The van der Waals surface area contributed by atoms with Gasteiger partial charge in [-0.1, -0.05) is 41.4 Å². The number of aryl methyl sites for hydroxylation is 1. The van der Waals surface area contributed by atoms with Crippen LogP contribution in [0.1, 0.15) is 22.9 Å². The average molecular weight is 294 g/mol. The molecule has 0 saturated heterocycles. The van der Waals surface area contributed by atoms with Crippen LogP contribution < -0.4 is 5.73 Å². The molecule has 1 unspecified atom stereocenters. The Hall–Kier alpha value is -1.36. The first kappa shape index (κ1) is 15.0. The molecule has 20 heavy (non-hydrogen) atoms. The fourth-order valence-electron chi connectivity index (χ4n) is 2.17. The van der Waals surface area contributed by atoms with Gasteiger partial charge in [-0.2, -0.15) is 5.10 Å². The van der Waals surface area contributed by atoms with Crippen molar-refractivity contribution < 1.29 is 4.74 Å². The highest BCUT2D eigenvalue weighted by molar-refractivity contribution is 6.31. The lowest BCUT2D eigenvalue weighted by Gasteiger charge is -2.15. The Balaban J connectivity index is 2.13. The van der Waals surface area contributed by atoms with E-state index >= 15 is 0 Å². The van der Waals surface area contributed by atoms with Crippen LogP contribution in [0.2, 0.25) is 5.02 Å². The minimum Gasteiger partial charge on any atom is -0.383 e. The second kappa shape index (κ2) is 6.88. The molecule has 0 radical (unpaired) electrons. The van der Waals surface area contributed by atoms with Crippen molar-refractivity contribution in [3.05, 3.63) is 52.3 Å². The molecule has 1 aromatic carbocycles. The summed E-state index contributed by atoms with van der Waals surface area (Å²) in [7, 11) is 1.66. The van der Waals surface area contributed by atoms with E-state index in [0.29, 0.717) is 18.2 Å². The number of halogens is 1. The molecule has 0 bridgehead atoms. The van der Waals surface area contributed by atoms with Gasteiger partial charge in [0.2, 0.25) is 0 Å². The van der Waals surface area contributed by atoms with E-state index in [2.05, 4.69) is 36.3 Å². The van der Waals surface area contributed by atoms with E-state index in [4.69, 9.17) is 22.1 Å². The number of nitrogens with two attached hydrogens (primary N) is 1. The van der Waals surface area contributed by atoms with E-state index in [1.54, 1.807) is 13.3 Å². The third kappa shape index (κ3) is 3.60. The lowest BCUT2D eigenvalue weighted by atomic mass is 10.0. The zero-order chi connectivity index (χ0) is 14.5. The molecule has 108 valence electrons. The number of hydrogen-bond acceptors (Lipinski definition) is 3. The van der Waals surface area contributed by atoms with Crippen molar-refractivity contribution in [3.63, 3.8) is 0 Å². The van der Waals surface area contributed by atoms with Gasteiger partial charge in [-0.25, -0.2) is 0 Å². The van der Waals surface area contributed by atoms with Crippen LogP contribution in [0.3, 0.4) is 0 Å². The van der Waals surface area contributed by atoms with Crippen molar-refractivity contribution in [1.82, 2.24) is 9.78 Å². The topological polar surface area (TPSA) is 53.1 Å². The first-order chi connectivity index (χ1) is 9.61. The Morgan fingerprint density at radius 2 is 2.05 bits per heavy atom. The Kier molecular flexibility index (Phi) is 5.17. The second-order valence-electron chi connectivity index (χ2n) is 4.89. The number of methoxy groups -OCH3 is 1. The van der Waals surface area contributed by atoms with Crippen LogP contribution >= 0.6 is 11.6 Å². The first-order valence-electron chi connectivity index (χ1n) is 6.63. The summed E-state index contributed by atoms with van der Waals surface area (Å²) in [6.07, 6.45) is 2.38. The summed E-state index contributed by atoms with van der Waals surface area (Å²) in [5, 5.41) is 4.87. The van der Waals surface area contributed by atoms with E-state index in [9.17, 15) is 0 Å². The van der Waals surface area contributed by atoms with Gasteiger partial charge in [0.05, 0.1) is 36.1 Å². The first-order valence-corrected chi connectivity index (χ1v) is 7.01. The predicted octanol–water partition coefficient (Wildman–Crippen LogP) is 2.73. The lowest BCUT2D eigenvalue weighted by Crippen LogP contribution is -2.20. The molecule has 0 saturated carbocycles. The molecule has 0 aliphatic heterocycles. The molecule has 0 aliphatic carbocycles. The van der Waals surface area contributed by atoms with Gasteiger partial charge in [-0.05, 0) is 18.9 Å². The molecule has 1 aromatic heterocycles. The fourth-order valence-corrected chi connectivity index (χ4v) is 2.45. The minimum absolute atomic E-state index is 0.176. The number of nitrogens with zero attached hydrogens (tertiary/aromatic N) is 2. The SMILES string of the molecule is COCCn1ncc(Cl)c1C(N)Cc1ccc(C)cc1. The van der Waals surface area contributed by atoms with Crippen LogP contribution in [-0.4, -0.2) is 23.5 Å². The molecular weight excluding hydrogens is 274 g/mol. The Labute approximate surface area is 124 Å². The molecule has 1 heterocycles. The molecule has 5 heteroatoms. The molecule has 1 atom stereocenters. The summed E-state index contributed by atoms with van der Waals surface area (Å²) in [5.74, 6) is 0. The maximum atomic E-state index is 6.30. The van der Waals surface area contributed by atoms with Crippen molar-refractivity contribution in [1.29, 1.82) is 0 Å². The molecule has 0 spiro atoms. The summed E-state index contributed by atoms with van der Waals surface area (Å²) >= 11 is 6.21. The maximum Gasteiger partial charge on any atom is 0.0834 e. The zero-order valence-corrected chi connectivity index (χ0v) is 12.6. The molecular formula is C15H20ClN3O. The summed E-state index contributed by atoms with van der Waals surface area (Å²) in [6.45, 7) is 3.31. The monoisotopic (exact) mass is 293 g/mol. The summed E-state index contributed by atoms with van der Waals surface area (Å²) < 4.78 is 6.90. The van der Waals surface area contributed by atoms with Crippen molar-refractivity contribution in [2.24, 2.45) is 5.73 Å². The molecule has 2 N–H and O–H groups in total. The normalized spacial score (nSPS) is 12.6. The molecule has 0 aliphatic rings. The van der Waals surface area contributed by atoms with Crippen molar-refractivity contribution in [2.75, 3.05) is 13.7 Å². The van der Waals surface area contributed by atoms with Gasteiger partial charge in [0.1, 0.15) is 0 Å². The highest BCUT2D eigenvalue weighted by atomic mass is 35.5. The predicted molar refractivity (Wildman–Crippen MR) is 80.9 cm³/mol. The van der Waals surface area contributed by atoms with Gasteiger partial charge in [0.25, 0.3) is 0 Å². The van der Waals surface area contributed by atoms with Gasteiger partial charge >= 0.3 is 0 Å². The van der Waals surface area contributed by atoms with Gasteiger partial charge in [-0.3, -0.25) is 4.68 Å². The second-order valence-corrected chi connectivity index (χ2v) is 5.30. The van der Waals surface area contributed by atoms with Crippen molar-refractivity contribution in [2.45, 2.75) is 25.9 Å². The van der Waals surface area contributed by atoms with Crippen LogP contribution in [0.15, 0.2) is 30.5 Å². The Morgan fingerprint density at radius 3 is 2.70 bits per heavy atom. The van der Waals surface area contributed by atoms with Gasteiger partial charge in [0.15, 0.2) is 0 Å². The smallest absolute Gasteiger partial charge is 0.0834 e. The number of ether oxygens (including phenoxy) is 1. The third-order valence-electron chi connectivity index (χ3n) is 3.27. The molecule has 2 aromatic rings. The minimum atomic E-state index is -0.176. The van der Waals surface area contributed by atoms with Crippen molar-refractivity contribution >= 4 is 11.6 Å². The fraction of sp³-hybridized carbons (Fsp3) is 0.400. The van der Waals surface area contributed by atoms with Crippen molar-refractivity contribution in [3.8, 4) is 0 Å². The van der Waals surface area contributed by atoms with Crippen LogP contribution in [0, 0.1) is 6.92 Å². The van der Waals surface area contributed by atoms with Gasteiger partial charge < -0.3 is 10.5 Å². The molecule has 4 nitrogen and oxygen atoms in total. The number of rotatable bonds is 6. The Bertz CT molecular complexity index is 551. The summed E-state index contributed by atoms with van der Waals surface area (Å²) in [5.41, 5.74) is 9.60. The van der Waals surface area contributed by atoms with E-state index in [0.717, 1.165) is 12.1 Å². The summed E-state index contributed by atoms with van der Waals surface area (Å²) in [4.78, 5) is 0. The van der Waals surface area contributed by atoms with Crippen LogP contribution in [0.5, 0.6) is 0 Å². The van der Waals surface area contributed by atoms with Crippen LogP contribution in [-0.2, 0) is 17.7 Å². The van der Waals surface area contributed by atoms with E-state index < -0.39 is 0 Å². The average Bonchev–Trinajstić information content (AvgIpc) is 2.80. The number of hydrogen-bond donors (Lipinski definition) is 1. The highest BCUT2D eigenvalue weighted by Crippen LogP contribution is 2.24. The standard InChI is InChI=1S/C15H20ClN3O/c1-11-3-5-12(6-4-11)9-14(17)15-13(16)10-18-19(15)7-8-20-2/h3-6,10,14H,7-9,17H2,1-2H3. The lowest BCUT2D eigenvalue weighted by molar-refractivity contribution is 0.182. The van der Waals surface area contributed by atoms with Gasteiger partial charge in [0, 0.05) is 7.11 Å². The Morgan fingerprint density at radius 1 is 1.35 bits per heavy atom. The van der Waals surface area contributed by atoms with E-state index in [1.165, 1.54) is 11.1 Å². The van der Waals surface area contributed by atoms with E-state index in [-0.39, 0.29) is 6.04 Å². The molecule has 0 fully saturated rings. The zero-order valence-electron chi connectivity index (χ0n) is 11.8. The third-order valence-corrected chi connectivity index (χ3v) is 3.56. The van der Waals surface area contributed by atoms with Gasteiger partial charge in [-0.15, -0.1) is 0 Å². The number of aromatic nitrogens is 2. The molecule has 2 rings (SSSR count). The largest absolute Gasteiger partial charge is 0.383 e. The highest BCUT2D eigenvalue weighted by Gasteiger charge is 2.17. The number of benzene rings is 1. The van der Waals surface area contributed by atoms with E-state index in [1.807, 2.05) is 4.68 Å². The van der Waals surface area contributed by atoms with Crippen LogP contribution in [0.25, 0.3) is 0 Å².